The van der Waals surface area contributed by atoms with E-state index < -0.39 is 0 Å². The second-order valence-corrected chi connectivity index (χ2v) is 8.31. The van der Waals surface area contributed by atoms with E-state index in [9.17, 15) is 0 Å². The third kappa shape index (κ3) is 6.62. The molecule has 0 radical (unpaired) electrons. The van der Waals surface area contributed by atoms with Crippen molar-refractivity contribution in [3.8, 4) is 0 Å². The van der Waals surface area contributed by atoms with Crippen LogP contribution in [0, 0.1) is 13.8 Å². The molecule has 1 fully saturated rings. The summed E-state index contributed by atoms with van der Waals surface area (Å²) in [5.41, 5.74) is 3.83. The smallest absolute Gasteiger partial charge is 0.191 e. The van der Waals surface area contributed by atoms with E-state index in [2.05, 4.69) is 60.2 Å². The SMILES string of the molecule is CN=C(NCC(C)(C)N1CCCCC1)NC(C)Cc1c(C)nn(C)c1C.I. The molecule has 1 atom stereocenters. The number of aryl methyl sites for hydroxylation is 2. The fraction of sp³-hybridized carbons (Fsp3) is 0.800. The van der Waals surface area contributed by atoms with Crippen LogP contribution in [0.5, 0.6) is 0 Å². The molecule has 7 heteroatoms. The van der Waals surface area contributed by atoms with Crippen molar-refractivity contribution in [3.05, 3.63) is 17.0 Å². The van der Waals surface area contributed by atoms with Gasteiger partial charge in [-0.2, -0.15) is 5.10 Å². The standard InChI is InChI=1S/C20H38N6.HI/c1-15(13-18-16(2)24-25(7)17(18)3)23-19(21-6)22-14-20(4,5)26-11-9-8-10-12-26;/h15H,8-14H2,1-7H3,(H2,21,22,23);1H. The number of hydrogen-bond acceptors (Lipinski definition) is 3. The number of aromatic nitrogens is 2. The highest BCUT2D eigenvalue weighted by Gasteiger charge is 2.28. The fourth-order valence-corrected chi connectivity index (χ4v) is 3.81. The van der Waals surface area contributed by atoms with E-state index in [1.54, 1.807) is 0 Å². The van der Waals surface area contributed by atoms with Crippen molar-refractivity contribution in [1.82, 2.24) is 25.3 Å². The van der Waals surface area contributed by atoms with Gasteiger partial charge in [-0.25, -0.2) is 0 Å². The topological polar surface area (TPSA) is 57.5 Å². The van der Waals surface area contributed by atoms with Crippen LogP contribution in [0.25, 0.3) is 0 Å². The third-order valence-electron chi connectivity index (χ3n) is 5.68. The Morgan fingerprint density at radius 2 is 1.85 bits per heavy atom. The van der Waals surface area contributed by atoms with Gasteiger partial charge in [0.2, 0.25) is 0 Å². The first-order valence-electron chi connectivity index (χ1n) is 9.96. The summed E-state index contributed by atoms with van der Waals surface area (Å²) in [4.78, 5) is 7.02. The van der Waals surface area contributed by atoms with Crippen molar-refractivity contribution >= 4 is 29.9 Å². The predicted molar refractivity (Wildman–Crippen MR) is 125 cm³/mol. The van der Waals surface area contributed by atoms with Crippen molar-refractivity contribution in [3.63, 3.8) is 0 Å². The van der Waals surface area contributed by atoms with Crippen LogP contribution < -0.4 is 10.6 Å². The highest BCUT2D eigenvalue weighted by Crippen LogP contribution is 2.20. The number of hydrogen-bond donors (Lipinski definition) is 2. The molecule has 1 aliphatic heterocycles. The van der Waals surface area contributed by atoms with Gasteiger partial charge in [-0.1, -0.05) is 6.42 Å². The number of nitrogens with one attached hydrogen (secondary N) is 2. The van der Waals surface area contributed by atoms with Crippen molar-refractivity contribution in [1.29, 1.82) is 0 Å². The highest BCUT2D eigenvalue weighted by atomic mass is 127. The van der Waals surface area contributed by atoms with Gasteiger partial charge in [0, 0.05) is 37.9 Å². The number of piperidine rings is 1. The van der Waals surface area contributed by atoms with E-state index >= 15 is 0 Å². The molecule has 2 rings (SSSR count). The van der Waals surface area contributed by atoms with Gasteiger partial charge in [0.15, 0.2) is 5.96 Å². The lowest BCUT2D eigenvalue weighted by Crippen LogP contribution is -2.55. The summed E-state index contributed by atoms with van der Waals surface area (Å²) in [5.74, 6) is 0.877. The van der Waals surface area contributed by atoms with E-state index in [1.165, 1.54) is 43.6 Å². The minimum absolute atomic E-state index is 0. The quantitative estimate of drug-likeness (QED) is 0.366. The maximum atomic E-state index is 4.52. The monoisotopic (exact) mass is 490 g/mol. The fourth-order valence-electron chi connectivity index (χ4n) is 3.81. The Hall–Kier alpha value is -0.830. The van der Waals surface area contributed by atoms with Crippen molar-refractivity contribution in [2.24, 2.45) is 12.0 Å². The molecule has 2 heterocycles. The van der Waals surface area contributed by atoms with E-state index in [-0.39, 0.29) is 29.5 Å². The first-order chi connectivity index (χ1) is 12.2. The zero-order valence-corrected chi connectivity index (χ0v) is 20.6. The van der Waals surface area contributed by atoms with Gasteiger partial charge < -0.3 is 10.6 Å². The number of guanidine groups is 1. The molecular formula is C20H39IN6. The Morgan fingerprint density at radius 1 is 1.22 bits per heavy atom. The molecule has 0 amide bonds. The lowest BCUT2D eigenvalue weighted by molar-refractivity contribution is 0.0982. The lowest BCUT2D eigenvalue weighted by Gasteiger charge is -2.41. The molecule has 1 unspecified atom stereocenters. The van der Waals surface area contributed by atoms with Crippen LogP contribution in [0.15, 0.2) is 4.99 Å². The minimum atomic E-state index is 0. The van der Waals surface area contributed by atoms with Crippen LogP contribution in [-0.4, -0.2) is 58.9 Å². The summed E-state index contributed by atoms with van der Waals surface area (Å²) in [6.07, 6.45) is 4.95. The van der Waals surface area contributed by atoms with Gasteiger partial charge in [-0.15, -0.1) is 24.0 Å². The molecule has 0 saturated carbocycles. The lowest BCUT2D eigenvalue weighted by atomic mass is 9.98. The molecule has 156 valence electrons. The van der Waals surface area contributed by atoms with Gasteiger partial charge in [-0.3, -0.25) is 14.6 Å². The van der Waals surface area contributed by atoms with Gasteiger partial charge in [0.25, 0.3) is 0 Å². The Labute approximate surface area is 182 Å². The normalized spacial score (nSPS) is 17.4. The second kappa shape index (κ2) is 10.6. The Morgan fingerprint density at radius 3 is 2.37 bits per heavy atom. The number of aliphatic imine (C=N–C) groups is 1. The average Bonchev–Trinajstić information content (AvgIpc) is 2.85. The summed E-state index contributed by atoms with van der Waals surface area (Å²) in [6, 6.07) is 0.292. The maximum Gasteiger partial charge on any atom is 0.191 e. The Balaban J connectivity index is 0.00000364. The van der Waals surface area contributed by atoms with Crippen molar-refractivity contribution in [2.75, 3.05) is 26.7 Å². The zero-order chi connectivity index (χ0) is 19.3. The largest absolute Gasteiger partial charge is 0.355 e. The van der Waals surface area contributed by atoms with Crippen LogP contribution >= 0.6 is 24.0 Å². The average molecular weight is 490 g/mol. The van der Waals surface area contributed by atoms with Crippen molar-refractivity contribution < 1.29 is 0 Å². The molecule has 6 nitrogen and oxygen atoms in total. The van der Waals surface area contributed by atoms with Gasteiger partial charge in [0.05, 0.1) is 5.69 Å². The van der Waals surface area contributed by atoms with E-state index in [0.717, 1.165) is 24.6 Å². The number of rotatable bonds is 6. The summed E-state index contributed by atoms with van der Waals surface area (Å²) in [5, 5.41) is 11.6. The minimum Gasteiger partial charge on any atom is -0.355 e. The first kappa shape index (κ1) is 24.2. The molecule has 1 aliphatic rings. The highest BCUT2D eigenvalue weighted by molar-refractivity contribution is 14.0. The van der Waals surface area contributed by atoms with Crippen molar-refractivity contribution in [2.45, 2.75) is 71.9 Å². The van der Waals surface area contributed by atoms with Gasteiger partial charge in [0.1, 0.15) is 0 Å². The zero-order valence-electron chi connectivity index (χ0n) is 18.2. The van der Waals surface area contributed by atoms with E-state index in [1.807, 2.05) is 18.8 Å². The number of likely N-dealkylation sites (tertiary alicyclic amines) is 1. The number of nitrogens with zero attached hydrogens (tertiary/aromatic N) is 4. The predicted octanol–water partition coefficient (Wildman–Crippen LogP) is 3.02. The summed E-state index contributed by atoms with van der Waals surface area (Å²) >= 11 is 0. The molecule has 1 saturated heterocycles. The van der Waals surface area contributed by atoms with E-state index in [0.29, 0.717) is 6.04 Å². The van der Waals surface area contributed by atoms with Crippen LogP contribution in [0.2, 0.25) is 0 Å². The van der Waals surface area contributed by atoms with Crippen LogP contribution in [0.4, 0.5) is 0 Å². The van der Waals surface area contributed by atoms with Gasteiger partial charge in [-0.05, 0) is 72.5 Å². The first-order valence-corrected chi connectivity index (χ1v) is 9.96. The van der Waals surface area contributed by atoms with Crippen LogP contribution in [0.3, 0.4) is 0 Å². The second-order valence-electron chi connectivity index (χ2n) is 8.31. The molecule has 27 heavy (non-hydrogen) atoms. The molecule has 0 aliphatic carbocycles. The Bertz CT molecular complexity index is 616. The molecule has 1 aromatic rings. The summed E-state index contributed by atoms with van der Waals surface area (Å²) in [7, 11) is 3.85. The number of halogens is 1. The third-order valence-corrected chi connectivity index (χ3v) is 5.68. The summed E-state index contributed by atoms with van der Waals surface area (Å²) < 4.78 is 1.96. The Kier molecular flexibility index (Phi) is 9.54. The van der Waals surface area contributed by atoms with Crippen LogP contribution in [0.1, 0.15) is 57.0 Å². The van der Waals surface area contributed by atoms with Gasteiger partial charge >= 0.3 is 0 Å². The maximum absolute atomic E-state index is 4.52. The molecular weight excluding hydrogens is 451 g/mol. The molecule has 2 N–H and O–H groups in total. The molecule has 0 aromatic carbocycles. The van der Waals surface area contributed by atoms with Crippen LogP contribution in [-0.2, 0) is 13.5 Å². The molecule has 0 spiro atoms. The molecule has 1 aromatic heterocycles. The molecule has 0 bridgehead atoms. The van der Waals surface area contributed by atoms with E-state index in [4.69, 9.17) is 0 Å². The summed E-state index contributed by atoms with van der Waals surface area (Å²) in [6.45, 7) is 14.4.